The van der Waals surface area contributed by atoms with Crippen molar-refractivity contribution >= 4 is 28.7 Å². The predicted molar refractivity (Wildman–Crippen MR) is 112 cm³/mol. The minimum Gasteiger partial charge on any atom is -0.317 e. The average Bonchev–Trinajstić information content (AvgIpc) is 3.31. The summed E-state index contributed by atoms with van der Waals surface area (Å²) in [4.78, 5) is 38.9. The van der Waals surface area contributed by atoms with Crippen LogP contribution in [0.25, 0.3) is 5.69 Å². The summed E-state index contributed by atoms with van der Waals surface area (Å²) < 4.78 is 1.13. The number of thiophene rings is 1. The van der Waals surface area contributed by atoms with Crippen LogP contribution in [0.15, 0.2) is 89.0 Å². The molecule has 0 fully saturated rings. The normalized spacial score (nSPS) is 10.5. The molecule has 0 spiro atoms. The second kappa shape index (κ2) is 8.04. The summed E-state index contributed by atoms with van der Waals surface area (Å²) in [7, 11) is 0. The zero-order chi connectivity index (χ0) is 20.2. The Hall–Kier alpha value is -3.84. The third-order valence-electron chi connectivity index (χ3n) is 4.17. The lowest BCUT2D eigenvalue weighted by atomic mass is 10.2. The van der Waals surface area contributed by atoms with Gasteiger partial charge in [0.25, 0.3) is 11.5 Å². The number of amides is 1. The second-order valence-electron chi connectivity index (χ2n) is 6.12. The van der Waals surface area contributed by atoms with E-state index in [0.29, 0.717) is 16.1 Å². The summed E-state index contributed by atoms with van der Waals surface area (Å²) in [5.74, 6) is -0.761. The second-order valence-corrected chi connectivity index (χ2v) is 7.07. The highest BCUT2D eigenvalue weighted by Gasteiger charge is 2.19. The van der Waals surface area contributed by atoms with Crippen LogP contribution in [-0.4, -0.2) is 21.5 Å². The van der Waals surface area contributed by atoms with Gasteiger partial charge in [-0.15, -0.1) is 11.3 Å². The van der Waals surface area contributed by atoms with Crippen LogP contribution in [0.2, 0.25) is 0 Å². The first-order valence-electron chi connectivity index (χ1n) is 8.78. The van der Waals surface area contributed by atoms with Gasteiger partial charge < -0.3 is 5.32 Å². The van der Waals surface area contributed by atoms with Gasteiger partial charge in [-0.2, -0.15) is 9.78 Å². The Morgan fingerprint density at radius 1 is 0.897 bits per heavy atom. The number of para-hydroxylation sites is 1. The number of anilines is 1. The molecular formula is C22H15N3O3S. The van der Waals surface area contributed by atoms with Crippen molar-refractivity contribution in [2.75, 3.05) is 5.32 Å². The highest BCUT2D eigenvalue weighted by atomic mass is 32.1. The summed E-state index contributed by atoms with van der Waals surface area (Å²) in [6, 6.07) is 22.1. The molecule has 0 saturated carbocycles. The number of benzene rings is 2. The first-order valence-corrected chi connectivity index (χ1v) is 9.66. The topological polar surface area (TPSA) is 81.1 Å². The van der Waals surface area contributed by atoms with E-state index in [1.807, 2.05) is 6.07 Å². The van der Waals surface area contributed by atoms with Gasteiger partial charge in [0.1, 0.15) is 11.4 Å². The van der Waals surface area contributed by atoms with Crippen LogP contribution in [0.4, 0.5) is 5.69 Å². The fraction of sp³-hybridized carbons (Fsp3) is 0. The van der Waals surface area contributed by atoms with Gasteiger partial charge in [-0.1, -0.05) is 42.5 Å². The van der Waals surface area contributed by atoms with Crippen molar-refractivity contribution in [2.45, 2.75) is 0 Å². The standard InChI is InChI=1S/C22H15N3O3S/c26-20(19-12-7-13-29-19)17-14-18(23-21(27)15-8-3-1-4-9-15)22(28)25(24-17)16-10-5-2-6-11-16/h1-14H,(H,23,27). The van der Waals surface area contributed by atoms with Crippen LogP contribution < -0.4 is 10.9 Å². The van der Waals surface area contributed by atoms with Crippen molar-refractivity contribution in [3.63, 3.8) is 0 Å². The van der Waals surface area contributed by atoms with Crippen LogP contribution >= 0.6 is 11.3 Å². The zero-order valence-corrected chi connectivity index (χ0v) is 15.9. The number of nitrogens with one attached hydrogen (secondary N) is 1. The number of hydrogen-bond acceptors (Lipinski definition) is 5. The van der Waals surface area contributed by atoms with E-state index in [9.17, 15) is 14.4 Å². The molecule has 6 nitrogen and oxygen atoms in total. The quantitative estimate of drug-likeness (QED) is 0.516. The number of carbonyl (C=O) groups is 2. The monoisotopic (exact) mass is 401 g/mol. The minimum atomic E-state index is -0.525. The summed E-state index contributed by atoms with van der Waals surface area (Å²) in [6.45, 7) is 0. The van der Waals surface area contributed by atoms with Crippen molar-refractivity contribution in [1.82, 2.24) is 9.78 Å². The summed E-state index contributed by atoms with van der Waals surface area (Å²) >= 11 is 1.28. The number of carbonyl (C=O) groups excluding carboxylic acids is 2. The van der Waals surface area contributed by atoms with Gasteiger partial charge in [0.05, 0.1) is 10.6 Å². The SMILES string of the molecule is O=C(Nc1cc(C(=O)c2cccs2)nn(-c2ccccc2)c1=O)c1ccccc1. The molecule has 0 aliphatic heterocycles. The van der Waals surface area contributed by atoms with E-state index in [0.717, 1.165) is 4.68 Å². The summed E-state index contributed by atoms with van der Waals surface area (Å²) in [5, 5.41) is 8.66. The smallest absolute Gasteiger partial charge is 0.295 e. The lowest BCUT2D eigenvalue weighted by Gasteiger charge is -2.11. The Morgan fingerprint density at radius 3 is 2.24 bits per heavy atom. The maximum absolute atomic E-state index is 13.0. The van der Waals surface area contributed by atoms with E-state index in [2.05, 4.69) is 10.4 Å². The molecule has 2 heterocycles. The Balaban J connectivity index is 1.81. The minimum absolute atomic E-state index is 0.0161. The molecule has 0 atom stereocenters. The van der Waals surface area contributed by atoms with Gasteiger partial charge >= 0.3 is 0 Å². The van der Waals surface area contributed by atoms with Crippen molar-refractivity contribution in [3.8, 4) is 5.69 Å². The molecule has 2 aromatic heterocycles. The van der Waals surface area contributed by atoms with Crippen LogP contribution in [0.1, 0.15) is 25.7 Å². The highest BCUT2D eigenvalue weighted by Crippen LogP contribution is 2.16. The molecule has 2 aromatic carbocycles. The summed E-state index contributed by atoms with van der Waals surface area (Å²) in [6.07, 6.45) is 0. The predicted octanol–water partition coefficient (Wildman–Crippen LogP) is 3.78. The Kier molecular flexibility index (Phi) is 5.13. The largest absolute Gasteiger partial charge is 0.317 e. The molecule has 29 heavy (non-hydrogen) atoms. The van der Waals surface area contributed by atoms with E-state index in [4.69, 9.17) is 0 Å². The lowest BCUT2D eigenvalue weighted by molar-refractivity contribution is 0.101. The van der Waals surface area contributed by atoms with Gasteiger partial charge in [0.2, 0.25) is 5.78 Å². The number of aromatic nitrogens is 2. The van der Waals surface area contributed by atoms with E-state index in [-0.39, 0.29) is 17.2 Å². The zero-order valence-electron chi connectivity index (χ0n) is 15.1. The Labute approximate surface area is 170 Å². The molecule has 0 saturated heterocycles. The van der Waals surface area contributed by atoms with Gasteiger partial charge in [-0.05, 0) is 41.8 Å². The van der Waals surface area contributed by atoms with Crippen LogP contribution in [0.5, 0.6) is 0 Å². The van der Waals surface area contributed by atoms with Crippen molar-refractivity contribution < 1.29 is 9.59 Å². The third-order valence-corrected chi connectivity index (χ3v) is 5.04. The number of rotatable bonds is 5. The van der Waals surface area contributed by atoms with E-state index in [1.54, 1.807) is 72.1 Å². The van der Waals surface area contributed by atoms with Crippen molar-refractivity contribution in [2.24, 2.45) is 0 Å². The fourth-order valence-electron chi connectivity index (χ4n) is 2.76. The number of nitrogens with zero attached hydrogens (tertiary/aromatic N) is 2. The maximum Gasteiger partial charge on any atom is 0.295 e. The molecule has 0 aliphatic carbocycles. The molecule has 1 N–H and O–H groups in total. The Bertz CT molecular complexity index is 1220. The van der Waals surface area contributed by atoms with E-state index in [1.165, 1.54) is 17.4 Å². The van der Waals surface area contributed by atoms with Gasteiger partial charge in [-0.3, -0.25) is 14.4 Å². The third kappa shape index (κ3) is 3.90. The highest BCUT2D eigenvalue weighted by molar-refractivity contribution is 7.12. The molecule has 142 valence electrons. The van der Waals surface area contributed by atoms with Crippen LogP contribution in [0.3, 0.4) is 0 Å². The van der Waals surface area contributed by atoms with Crippen molar-refractivity contribution in [3.05, 3.63) is 111 Å². The van der Waals surface area contributed by atoms with Crippen LogP contribution in [0, 0.1) is 0 Å². The molecule has 0 radical (unpaired) electrons. The molecule has 0 bridgehead atoms. The number of hydrogen-bond donors (Lipinski definition) is 1. The average molecular weight is 401 g/mol. The maximum atomic E-state index is 13.0. The molecule has 7 heteroatoms. The molecular weight excluding hydrogens is 386 g/mol. The molecule has 4 aromatic rings. The fourth-order valence-corrected chi connectivity index (χ4v) is 3.43. The first-order chi connectivity index (χ1) is 14.1. The lowest BCUT2D eigenvalue weighted by Crippen LogP contribution is -2.28. The van der Waals surface area contributed by atoms with E-state index < -0.39 is 11.5 Å². The summed E-state index contributed by atoms with van der Waals surface area (Å²) in [5.41, 5.74) is 0.426. The molecule has 0 unspecified atom stereocenters. The van der Waals surface area contributed by atoms with Crippen LogP contribution in [-0.2, 0) is 0 Å². The van der Waals surface area contributed by atoms with E-state index >= 15 is 0 Å². The van der Waals surface area contributed by atoms with Crippen molar-refractivity contribution in [1.29, 1.82) is 0 Å². The Morgan fingerprint density at radius 2 is 1.59 bits per heavy atom. The molecule has 0 aliphatic rings. The first kappa shape index (κ1) is 18.5. The number of ketones is 1. The molecule has 1 amide bonds. The van der Waals surface area contributed by atoms with Gasteiger partial charge in [-0.25, -0.2) is 0 Å². The van der Waals surface area contributed by atoms with Gasteiger partial charge in [0, 0.05) is 5.56 Å². The van der Waals surface area contributed by atoms with Gasteiger partial charge in [0.15, 0.2) is 0 Å². The molecule has 4 rings (SSSR count).